The molecular formula is C10H23N3O. The first kappa shape index (κ1) is 11.9. The van der Waals surface area contributed by atoms with Gasteiger partial charge in [-0.1, -0.05) is 6.42 Å². The fourth-order valence-corrected chi connectivity index (χ4v) is 1.84. The number of nitrogens with two attached hydrogens (primary N) is 1. The maximum absolute atomic E-state index is 5.74. The van der Waals surface area contributed by atoms with Crippen LogP contribution < -0.4 is 11.2 Å². The Bertz CT molecular complexity index is 159. The highest BCUT2D eigenvalue weighted by atomic mass is 16.5. The molecule has 1 heterocycles. The van der Waals surface area contributed by atoms with Crippen molar-refractivity contribution in [3.8, 4) is 0 Å². The molecule has 0 amide bonds. The first-order valence-electron chi connectivity index (χ1n) is 5.42. The van der Waals surface area contributed by atoms with E-state index < -0.39 is 0 Å². The maximum Gasteiger partial charge on any atom is 0.0667 e. The van der Waals surface area contributed by atoms with Crippen LogP contribution in [0.15, 0.2) is 0 Å². The molecule has 84 valence electrons. The number of hydrogen-bond donors (Lipinski definition) is 2. The van der Waals surface area contributed by atoms with Crippen LogP contribution in [0.1, 0.15) is 26.2 Å². The summed E-state index contributed by atoms with van der Waals surface area (Å²) in [4.78, 5) is 0. The molecule has 1 aliphatic rings. The second-order valence-electron chi connectivity index (χ2n) is 4.36. The Morgan fingerprint density at radius 1 is 1.36 bits per heavy atom. The van der Waals surface area contributed by atoms with E-state index in [0.717, 1.165) is 13.1 Å². The van der Waals surface area contributed by atoms with E-state index in [-0.39, 0.29) is 5.54 Å². The number of piperidine rings is 1. The summed E-state index contributed by atoms with van der Waals surface area (Å²) in [5.41, 5.74) is 9.09. The molecule has 14 heavy (non-hydrogen) atoms. The van der Waals surface area contributed by atoms with Crippen LogP contribution in [-0.2, 0) is 4.74 Å². The van der Waals surface area contributed by atoms with Gasteiger partial charge in [0.25, 0.3) is 0 Å². The van der Waals surface area contributed by atoms with Gasteiger partial charge in [-0.15, -0.1) is 0 Å². The van der Waals surface area contributed by atoms with Gasteiger partial charge in [0.2, 0.25) is 0 Å². The summed E-state index contributed by atoms with van der Waals surface area (Å²) in [6.45, 7) is 5.60. The van der Waals surface area contributed by atoms with Gasteiger partial charge in [-0.05, 0) is 19.8 Å². The lowest BCUT2D eigenvalue weighted by Gasteiger charge is -2.37. The van der Waals surface area contributed by atoms with Crippen LogP contribution in [0, 0.1) is 0 Å². The predicted molar refractivity (Wildman–Crippen MR) is 57.9 cm³/mol. The van der Waals surface area contributed by atoms with Crippen molar-refractivity contribution in [3.63, 3.8) is 0 Å². The van der Waals surface area contributed by atoms with Gasteiger partial charge >= 0.3 is 0 Å². The predicted octanol–water partition coefficient (Wildman–Crippen LogP) is 0.341. The van der Waals surface area contributed by atoms with Crippen LogP contribution in [0.5, 0.6) is 0 Å². The van der Waals surface area contributed by atoms with Crippen LogP contribution in [0.25, 0.3) is 0 Å². The standard InChI is InChI=1S/C10H23N3O/c1-10(8-11,9-14-2)12-13-6-4-3-5-7-13/h12H,3-9,11H2,1-2H3. The zero-order chi connectivity index (χ0) is 10.4. The third-order valence-corrected chi connectivity index (χ3v) is 2.70. The molecule has 1 rings (SSSR count). The fraction of sp³-hybridized carbons (Fsp3) is 1.00. The minimum atomic E-state index is -0.119. The van der Waals surface area contributed by atoms with Gasteiger partial charge in [0.1, 0.15) is 0 Å². The smallest absolute Gasteiger partial charge is 0.0667 e. The van der Waals surface area contributed by atoms with Crippen LogP contribution in [0.3, 0.4) is 0 Å². The molecule has 0 spiro atoms. The summed E-state index contributed by atoms with van der Waals surface area (Å²) in [6, 6.07) is 0. The minimum Gasteiger partial charge on any atom is -0.383 e. The highest BCUT2D eigenvalue weighted by Gasteiger charge is 2.25. The minimum absolute atomic E-state index is 0.119. The maximum atomic E-state index is 5.74. The molecular weight excluding hydrogens is 178 g/mol. The largest absolute Gasteiger partial charge is 0.383 e. The lowest BCUT2D eigenvalue weighted by molar-refractivity contribution is 0.0394. The van der Waals surface area contributed by atoms with Gasteiger partial charge in [0, 0.05) is 26.7 Å². The number of hydrogen-bond acceptors (Lipinski definition) is 4. The zero-order valence-corrected chi connectivity index (χ0v) is 9.38. The van der Waals surface area contributed by atoms with Gasteiger partial charge in [-0.25, -0.2) is 10.4 Å². The molecule has 0 radical (unpaired) electrons. The summed E-state index contributed by atoms with van der Waals surface area (Å²) >= 11 is 0. The van der Waals surface area contributed by atoms with Crippen molar-refractivity contribution in [3.05, 3.63) is 0 Å². The Labute approximate surface area is 86.8 Å². The topological polar surface area (TPSA) is 50.5 Å². The second-order valence-corrected chi connectivity index (χ2v) is 4.36. The van der Waals surface area contributed by atoms with E-state index in [4.69, 9.17) is 10.5 Å². The van der Waals surface area contributed by atoms with Crippen LogP contribution in [0.2, 0.25) is 0 Å². The number of methoxy groups -OCH3 is 1. The van der Waals surface area contributed by atoms with Gasteiger partial charge in [0.15, 0.2) is 0 Å². The molecule has 1 saturated heterocycles. The van der Waals surface area contributed by atoms with Crippen molar-refractivity contribution in [2.45, 2.75) is 31.7 Å². The highest BCUT2D eigenvalue weighted by Crippen LogP contribution is 2.10. The van der Waals surface area contributed by atoms with Gasteiger partial charge < -0.3 is 10.5 Å². The van der Waals surface area contributed by atoms with E-state index in [1.165, 1.54) is 19.3 Å². The Balaban J connectivity index is 2.37. The zero-order valence-electron chi connectivity index (χ0n) is 9.38. The number of rotatable bonds is 5. The van der Waals surface area contributed by atoms with Gasteiger partial charge in [0.05, 0.1) is 12.1 Å². The molecule has 4 heteroatoms. The van der Waals surface area contributed by atoms with Crippen molar-refractivity contribution >= 4 is 0 Å². The van der Waals surface area contributed by atoms with Crippen molar-refractivity contribution < 1.29 is 4.74 Å². The van der Waals surface area contributed by atoms with Crippen LogP contribution >= 0.6 is 0 Å². The lowest BCUT2D eigenvalue weighted by Crippen LogP contribution is -2.59. The van der Waals surface area contributed by atoms with Crippen LogP contribution in [-0.4, -0.2) is 43.9 Å². The molecule has 1 atom stereocenters. The molecule has 0 bridgehead atoms. The molecule has 1 aliphatic heterocycles. The fourth-order valence-electron chi connectivity index (χ4n) is 1.84. The quantitative estimate of drug-likeness (QED) is 0.673. The molecule has 0 aromatic carbocycles. The average Bonchev–Trinajstić information content (AvgIpc) is 2.20. The highest BCUT2D eigenvalue weighted by molar-refractivity contribution is 4.83. The van der Waals surface area contributed by atoms with E-state index in [1.54, 1.807) is 7.11 Å². The monoisotopic (exact) mass is 201 g/mol. The second kappa shape index (κ2) is 5.66. The molecule has 4 nitrogen and oxygen atoms in total. The Morgan fingerprint density at radius 3 is 2.50 bits per heavy atom. The lowest BCUT2D eigenvalue weighted by atomic mass is 10.1. The van der Waals surface area contributed by atoms with Crippen molar-refractivity contribution in [2.24, 2.45) is 5.73 Å². The first-order valence-corrected chi connectivity index (χ1v) is 5.42. The van der Waals surface area contributed by atoms with Crippen LogP contribution in [0.4, 0.5) is 0 Å². The molecule has 1 unspecified atom stereocenters. The Kier molecular flexibility index (Phi) is 4.81. The number of hydrazine groups is 1. The van der Waals surface area contributed by atoms with E-state index in [0.29, 0.717) is 13.2 Å². The third kappa shape index (κ3) is 3.53. The molecule has 0 aromatic rings. The third-order valence-electron chi connectivity index (χ3n) is 2.70. The first-order chi connectivity index (χ1) is 6.70. The molecule has 0 saturated carbocycles. The summed E-state index contributed by atoms with van der Waals surface area (Å²) in [7, 11) is 1.71. The molecule has 0 aromatic heterocycles. The SMILES string of the molecule is COCC(C)(CN)NN1CCCCC1. The van der Waals surface area contributed by atoms with Gasteiger partial charge in [-0.3, -0.25) is 0 Å². The molecule has 3 N–H and O–H groups in total. The summed E-state index contributed by atoms with van der Waals surface area (Å²) in [5, 5.41) is 2.27. The van der Waals surface area contributed by atoms with Crippen molar-refractivity contribution in [1.29, 1.82) is 0 Å². The normalized spacial score (nSPS) is 23.4. The Hall–Kier alpha value is -0.160. The number of nitrogens with zero attached hydrogens (tertiary/aromatic N) is 1. The summed E-state index contributed by atoms with van der Waals surface area (Å²) < 4.78 is 5.17. The molecule has 0 aliphatic carbocycles. The van der Waals surface area contributed by atoms with Crippen molar-refractivity contribution in [1.82, 2.24) is 10.4 Å². The van der Waals surface area contributed by atoms with E-state index in [9.17, 15) is 0 Å². The van der Waals surface area contributed by atoms with Crippen molar-refractivity contribution in [2.75, 3.05) is 33.4 Å². The summed E-state index contributed by atoms with van der Waals surface area (Å²) in [6.07, 6.45) is 3.91. The average molecular weight is 201 g/mol. The summed E-state index contributed by atoms with van der Waals surface area (Å²) in [5.74, 6) is 0. The van der Waals surface area contributed by atoms with E-state index in [1.807, 2.05) is 0 Å². The number of ether oxygens (including phenoxy) is 1. The Morgan fingerprint density at radius 2 is 2.00 bits per heavy atom. The van der Waals surface area contributed by atoms with E-state index >= 15 is 0 Å². The van der Waals surface area contributed by atoms with Gasteiger partial charge in [-0.2, -0.15) is 0 Å². The van der Waals surface area contributed by atoms with E-state index in [2.05, 4.69) is 17.4 Å². The molecule has 1 fully saturated rings. The number of nitrogens with one attached hydrogen (secondary N) is 1.